The molecule has 1 heterocycles. The molecule has 0 aliphatic rings. The van der Waals surface area contributed by atoms with E-state index in [-0.39, 0.29) is 6.10 Å². The Bertz CT molecular complexity index is 325. The summed E-state index contributed by atoms with van der Waals surface area (Å²) in [5, 5.41) is 17.3. The Hall–Kier alpha value is -0.980. The lowest BCUT2D eigenvalue weighted by Gasteiger charge is -2.08. The average molecular weight is 242 g/mol. The summed E-state index contributed by atoms with van der Waals surface area (Å²) in [6, 6.07) is 0. The Labute approximate surface area is 102 Å². The number of aryl methyl sites for hydroxylation is 1. The van der Waals surface area contributed by atoms with Gasteiger partial charge in [0.2, 0.25) is 0 Å². The Balaban J connectivity index is 2.59. The molecule has 0 aromatic carbocycles. The predicted octanol–water partition coefficient (Wildman–Crippen LogP) is 0.0867. The molecular formula is C11H22N4O2. The molecule has 0 aliphatic carbocycles. The molecule has 3 N–H and O–H groups in total. The highest BCUT2D eigenvalue weighted by Gasteiger charge is 2.11. The third-order valence-electron chi connectivity index (χ3n) is 2.65. The van der Waals surface area contributed by atoms with Gasteiger partial charge in [-0.25, -0.2) is 4.68 Å². The fourth-order valence-electron chi connectivity index (χ4n) is 1.72. The standard InChI is InChI=1S/C11H22N4O2/c1-9(16)4-3-6-15-11(5-7-17-2)10(8-12)13-14-15/h9,16H,3-8,12H2,1-2H3. The van der Waals surface area contributed by atoms with Crippen molar-refractivity contribution in [1.29, 1.82) is 0 Å². The quantitative estimate of drug-likeness (QED) is 0.674. The second kappa shape index (κ2) is 7.37. The first-order valence-corrected chi connectivity index (χ1v) is 5.97. The first kappa shape index (κ1) is 14.1. The first-order chi connectivity index (χ1) is 8.19. The van der Waals surface area contributed by atoms with Gasteiger partial charge in [-0.05, 0) is 19.8 Å². The van der Waals surface area contributed by atoms with E-state index < -0.39 is 0 Å². The van der Waals surface area contributed by atoms with Crippen LogP contribution in [0.25, 0.3) is 0 Å². The van der Waals surface area contributed by atoms with E-state index in [0.29, 0.717) is 13.2 Å². The van der Waals surface area contributed by atoms with Gasteiger partial charge in [-0.3, -0.25) is 0 Å². The number of hydrogen-bond acceptors (Lipinski definition) is 5. The molecule has 0 amide bonds. The van der Waals surface area contributed by atoms with Crippen LogP contribution < -0.4 is 5.73 Å². The van der Waals surface area contributed by atoms with Gasteiger partial charge in [0.25, 0.3) is 0 Å². The monoisotopic (exact) mass is 242 g/mol. The third kappa shape index (κ3) is 4.41. The zero-order valence-electron chi connectivity index (χ0n) is 10.6. The lowest BCUT2D eigenvalue weighted by molar-refractivity contribution is 0.178. The number of rotatable bonds is 8. The van der Waals surface area contributed by atoms with Crippen LogP contribution in [0.2, 0.25) is 0 Å². The smallest absolute Gasteiger partial charge is 0.0995 e. The van der Waals surface area contributed by atoms with E-state index in [2.05, 4.69) is 10.3 Å². The number of aliphatic hydroxyl groups is 1. The number of aliphatic hydroxyl groups excluding tert-OH is 1. The average Bonchev–Trinajstić information content (AvgIpc) is 2.68. The van der Waals surface area contributed by atoms with Gasteiger partial charge in [-0.2, -0.15) is 0 Å². The number of ether oxygens (including phenoxy) is 1. The molecule has 0 fully saturated rings. The van der Waals surface area contributed by atoms with Crippen molar-refractivity contribution in [2.75, 3.05) is 13.7 Å². The van der Waals surface area contributed by atoms with Gasteiger partial charge in [0.15, 0.2) is 0 Å². The third-order valence-corrected chi connectivity index (χ3v) is 2.65. The summed E-state index contributed by atoms with van der Waals surface area (Å²) < 4.78 is 6.93. The molecule has 1 rings (SSSR count). The van der Waals surface area contributed by atoms with Crippen molar-refractivity contribution in [2.45, 2.75) is 45.4 Å². The van der Waals surface area contributed by atoms with Crippen LogP contribution in [-0.2, 0) is 24.2 Å². The predicted molar refractivity (Wildman–Crippen MR) is 64.4 cm³/mol. The van der Waals surface area contributed by atoms with Crippen LogP contribution in [-0.4, -0.2) is 39.9 Å². The van der Waals surface area contributed by atoms with Gasteiger partial charge < -0.3 is 15.6 Å². The summed E-state index contributed by atoms with van der Waals surface area (Å²) in [6.45, 7) is 3.58. The number of hydrogen-bond donors (Lipinski definition) is 2. The molecule has 17 heavy (non-hydrogen) atoms. The normalized spacial score (nSPS) is 12.9. The van der Waals surface area contributed by atoms with Gasteiger partial charge in [0, 0.05) is 26.6 Å². The van der Waals surface area contributed by atoms with Crippen LogP contribution >= 0.6 is 0 Å². The van der Waals surface area contributed by atoms with Crippen molar-refractivity contribution in [1.82, 2.24) is 15.0 Å². The zero-order valence-corrected chi connectivity index (χ0v) is 10.6. The van der Waals surface area contributed by atoms with E-state index >= 15 is 0 Å². The van der Waals surface area contributed by atoms with Crippen molar-refractivity contribution in [3.63, 3.8) is 0 Å². The summed E-state index contributed by atoms with van der Waals surface area (Å²) in [4.78, 5) is 0. The zero-order chi connectivity index (χ0) is 12.7. The molecule has 0 spiro atoms. The summed E-state index contributed by atoms with van der Waals surface area (Å²) in [5.74, 6) is 0. The number of methoxy groups -OCH3 is 1. The van der Waals surface area contributed by atoms with Crippen LogP contribution in [0.15, 0.2) is 0 Å². The highest BCUT2D eigenvalue weighted by molar-refractivity contribution is 5.10. The molecular weight excluding hydrogens is 220 g/mol. The molecule has 98 valence electrons. The Kier molecular flexibility index (Phi) is 6.10. The van der Waals surface area contributed by atoms with Crippen molar-refractivity contribution in [3.8, 4) is 0 Å². The number of nitrogens with zero attached hydrogens (tertiary/aromatic N) is 3. The molecule has 1 unspecified atom stereocenters. The van der Waals surface area contributed by atoms with Gasteiger partial charge in [-0.15, -0.1) is 5.10 Å². The molecule has 0 radical (unpaired) electrons. The Morgan fingerprint density at radius 2 is 2.29 bits per heavy atom. The topological polar surface area (TPSA) is 86.2 Å². The van der Waals surface area contributed by atoms with Crippen LogP contribution in [0.5, 0.6) is 0 Å². The number of nitrogens with two attached hydrogens (primary N) is 1. The maximum atomic E-state index is 9.21. The summed E-state index contributed by atoms with van der Waals surface area (Å²) in [5.41, 5.74) is 7.49. The van der Waals surface area contributed by atoms with E-state index in [1.54, 1.807) is 14.0 Å². The molecule has 0 aliphatic heterocycles. The fraction of sp³-hybridized carbons (Fsp3) is 0.818. The summed E-state index contributed by atoms with van der Waals surface area (Å²) in [7, 11) is 1.67. The van der Waals surface area contributed by atoms with Crippen LogP contribution in [0.1, 0.15) is 31.2 Å². The molecule has 1 aromatic heterocycles. The van der Waals surface area contributed by atoms with Gasteiger partial charge >= 0.3 is 0 Å². The summed E-state index contributed by atoms with van der Waals surface area (Å²) >= 11 is 0. The molecule has 6 heteroatoms. The molecule has 1 aromatic rings. The van der Waals surface area contributed by atoms with E-state index in [9.17, 15) is 5.11 Å². The second-order valence-electron chi connectivity index (χ2n) is 4.14. The summed E-state index contributed by atoms with van der Waals surface area (Å²) in [6.07, 6.45) is 2.15. The Morgan fingerprint density at radius 3 is 2.88 bits per heavy atom. The van der Waals surface area contributed by atoms with Crippen LogP contribution in [0, 0.1) is 0 Å². The SMILES string of the molecule is COCCc1c(CN)nnn1CCCC(C)O. The van der Waals surface area contributed by atoms with E-state index in [1.807, 2.05) is 4.68 Å². The maximum Gasteiger partial charge on any atom is 0.0995 e. The molecule has 6 nitrogen and oxygen atoms in total. The van der Waals surface area contributed by atoms with Gasteiger partial charge in [0.05, 0.1) is 24.1 Å². The highest BCUT2D eigenvalue weighted by Crippen LogP contribution is 2.08. The molecule has 0 bridgehead atoms. The minimum Gasteiger partial charge on any atom is -0.393 e. The highest BCUT2D eigenvalue weighted by atomic mass is 16.5. The fourth-order valence-corrected chi connectivity index (χ4v) is 1.72. The minimum atomic E-state index is -0.269. The van der Waals surface area contributed by atoms with Crippen LogP contribution in [0.4, 0.5) is 0 Å². The van der Waals surface area contributed by atoms with Crippen molar-refractivity contribution in [3.05, 3.63) is 11.4 Å². The molecule has 0 saturated heterocycles. The van der Waals surface area contributed by atoms with E-state index in [1.165, 1.54) is 0 Å². The molecule has 0 saturated carbocycles. The lowest BCUT2D eigenvalue weighted by atomic mass is 10.2. The van der Waals surface area contributed by atoms with Gasteiger partial charge in [-0.1, -0.05) is 5.21 Å². The van der Waals surface area contributed by atoms with E-state index in [4.69, 9.17) is 10.5 Å². The minimum absolute atomic E-state index is 0.269. The largest absolute Gasteiger partial charge is 0.393 e. The van der Waals surface area contributed by atoms with Crippen molar-refractivity contribution < 1.29 is 9.84 Å². The lowest BCUT2D eigenvalue weighted by Crippen LogP contribution is -2.11. The van der Waals surface area contributed by atoms with Crippen LogP contribution in [0.3, 0.4) is 0 Å². The van der Waals surface area contributed by atoms with E-state index in [0.717, 1.165) is 37.2 Å². The second-order valence-corrected chi connectivity index (χ2v) is 4.14. The first-order valence-electron chi connectivity index (χ1n) is 5.97. The number of aromatic nitrogens is 3. The molecule has 1 atom stereocenters. The van der Waals surface area contributed by atoms with Gasteiger partial charge in [0.1, 0.15) is 0 Å². The van der Waals surface area contributed by atoms with Crippen molar-refractivity contribution in [2.24, 2.45) is 5.73 Å². The van der Waals surface area contributed by atoms with Crippen molar-refractivity contribution >= 4 is 0 Å². The maximum absolute atomic E-state index is 9.21. The Morgan fingerprint density at radius 1 is 1.53 bits per heavy atom.